The van der Waals surface area contributed by atoms with Gasteiger partial charge in [-0.3, -0.25) is 16.1 Å². The number of hydrazine groups is 1. The Morgan fingerprint density at radius 1 is 1.62 bits per heavy atom. The fourth-order valence-corrected chi connectivity index (χ4v) is 1.73. The number of carboxylic acids is 1. The first kappa shape index (κ1) is 10.4. The van der Waals surface area contributed by atoms with Gasteiger partial charge < -0.3 is 10.4 Å². The minimum atomic E-state index is -0.696. The summed E-state index contributed by atoms with van der Waals surface area (Å²) < 4.78 is 0. The fourth-order valence-electron chi connectivity index (χ4n) is 1.73. The van der Waals surface area contributed by atoms with Crippen molar-refractivity contribution in [2.45, 2.75) is 12.8 Å². The molecule has 5 N–H and O–H groups in total. The minimum Gasteiger partial charge on any atom is -0.481 e. The third-order valence-corrected chi connectivity index (χ3v) is 2.49. The van der Waals surface area contributed by atoms with Crippen molar-refractivity contribution in [1.29, 1.82) is 0 Å². The topological polar surface area (TPSA) is 87.4 Å². The molecule has 76 valence electrons. The molecule has 5 nitrogen and oxygen atoms in total. The van der Waals surface area contributed by atoms with Crippen LogP contribution in [0.1, 0.15) is 12.8 Å². The second kappa shape index (κ2) is 5.16. The average molecular weight is 187 g/mol. The Balaban J connectivity index is 2.29. The SMILES string of the molecule is NNCC[C@@H]1CNC[C@H](C(=O)O)C1. The van der Waals surface area contributed by atoms with Crippen molar-refractivity contribution < 1.29 is 9.90 Å². The first-order chi connectivity index (χ1) is 6.24. The van der Waals surface area contributed by atoms with Crippen LogP contribution >= 0.6 is 0 Å². The predicted molar refractivity (Wildman–Crippen MR) is 48.9 cm³/mol. The number of nitrogens with one attached hydrogen (secondary N) is 2. The van der Waals surface area contributed by atoms with E-state index in [9.17, 15) is 4.79 Å². The van der Waals surface area contributed by atoms with Gasteiger partial charge in [0.1, 0.15) is 0 Å². The number of hydrogen-bond donors (Lipinski definition) is 4. The van der Waals surface area contributed by atoms with E-state index in [2.05, 4.69) is 10.7 Å². The largest absolute Gasteiger partial charge is 0.481 e. The number of carbonyl (C=O) groups is 1. The number of aliphatic carboxylic acids is 1. The van der Waals surface area contributed by atoms with E-state index in [0.717, 1.165) is 25.9 Å². The van der Waals surface area contributed by atoms with Gasteiger partial charge in [0.05, 0.1) is 5.92 Å². The number of rotatable bonds is 4. The van der Waals surface area contributed by atoms with E-state index in [1.54, 1.807) is 0 Å². The summed E-state index contributed by atoms with van der Waals surface area (Å²) in [6.45, 7) is 2.26. The van der Waals surface area contributed by atoms with Gasteiger partial charge >= 0.3 is 5.97 Å². The van der Waals surface area contributed by atoms with Crippen molar-refractivity contribution >= 4 is 5.97 Å². The molecule has 0 bridgehead atoms. The summed E-state index contributed by atoms with van der Waals surface area (Å²) in [5.74, 6) is 4.67. The quantitative estimate of drug-likeness (QED) is 0.340. The molecule has 0 aromatic rings. The van der Waals surface area contributed by atoms with Crippen LogP contribution in [0.3, 0.4) is 0 Å². The molecular weight excluding hydrogens is 170 g/mol. The maximum Gasteiger partial charge on any atom is 0.307 e. The summed E-state index contributed by atoms with van der Waals surface area (Å²) >= 11 is 0. The minimum absolute atomic E-state index is 0.225. The summed E-state index contributed by atoms with van der Waals surface area (Å²) in [5, 5.41) is 11.9. The molecule has 0 aliphatic carbocycles. The molecule has 0 radical (unpaired) electrons. The second-order valence-electron chi connectivity index (χ2n) is 3.54. The van der Waals surface area contributed by atoms with Crippen molar-refractivity contribution in [3.63, 3.8) is 0 Å². The highest BCUT2D eigenvalue weighted by Crippen LogP contribution is 2.18. The van der Waals surface area contributed by atoms with E-state index in [-0.39, 0.29) is 5.92 Å². The lowest BCUT2D eigenvalue weighted by atomic mass is 9.88. The van der Waals surface area contributed by atoms with Gasteiger partial charge in [0.15, 0.2) is 0 Å². The van der Waals surface area contributed by atoms with E-state index in [1.807, 2.05) is 0 Å². The molecule has 0 unspecified atom stereocenters. The molecular formula is C8H17N3O2. The number of carboxylic acid groups (broad SMARTS) is 1. The highest BCUT2D eigenvalue weighted by atomic mass is 16.4. The van der Waals surface area contributed by atoms with Crippen LogP contribution in [-0.4, -0.2) is 30.7 Å². The lowest BCUT2D eigenvalue weighted by Crippen LogP contribution is -2.40. The molecule has 2 atom stereocenters. The summed E-state index contributed by atoms with van der Waals surface area (Å²) in [5.41, 5.74) is 2.58. The second-order valence-corrected chi connectivity index (χ2v) is 3.54. The Kier molecular flexibility index (Phi) is 4.14. The molecule has 0 aromatic carbocycles. The van der Waals surface area contributed by atoms with Crippen LogP contribution < -0.4 is 16.6 Å². The van der Waals surface area contributed by atoms with E-state index < -0.39 is 5.97 Å². The van der Waals surface area contributed by atoms with Gasteiger partial charge in [-0.15, -0.1) is 0 Å². The van der Waals surface area contributed by atoms with E-state index >= 15 is 0 Å². The van der Waals surface area contributed by atoms with Crippen LogP contribution in [0, 0.1) is 11.8 Å². The van der Waals surface area contributed by atoms with Crippen molar-refractivity contribution in [2.75, 3.05) is 19.6 Å². The fraction of sp³-hybridized carbons (Fsp3) is 0.875. The molecule has 5 heteroatoms. The number of nitrogens with two attached hydrogens (primary N) is 1. The zero-order valence-corrected chi connectivity index (χ0v) is 7.62. The standard InChI is InChI=1S/C8H17N3O2/c9-11-2-1-6-3-7(8(12)13)5-10-4-6/h6-7,10-11H,1-5,9H2,(H,12,13)/t6-,7+/m0/s1. The zero-order chi connectivity index (χ0) is 9.68. The number of piperidine rings is 1. The predicted octanol–water partition coefficient (Wildman–Crippen LogP) is -0.850. The van der Waals surface area contributed by atoms with E-state index in [0.29, 0.717) is 12.5 Å². The normalized spacial score (nSPS) is 28.7. The highest BCUT2D eigenvalue weighted by molar-refractivity contribution is 5.70. The molecule has 1 aliphatic heterocycles. The Hall–Kier alpha value is -0.650. The van der Waals surface area contributed by atoms with E-state index in [4.69, 9.17) is 10.9 Å². The molecule has 1 aliphatic rings. The third kappa shape index (κ3) is 3.30. The lowest BCUT2D eigenvalue weighted by molar-refractivity contribution is -0.142. The lowest BCUT2D eigenvalue weighted by Gasteiger charge is -2.27. The Morgan fingerprint density at radius 2 is 2.38 bits per heavy atom. The van der Waals surface area contributed by atoms with Crippen LogP contribution in [0.4, 0.5) is 0 Å². The first-order valence-electron chi connectivity index (χ1n) is 4.61. The maximum atomic E-state index is 10.7. The van der Waals surface area contributed by atoms with Crippen molar-refractivity contribution in [3.05, 3.63) is 0 Å². The highest BCUT2D eigenvalue weighted by Gasteiger charge is 2.25. The van der Waals surface area contributed by atoms with Gasteiger partial charge in [0, 0.05) is 13.1 Å². The summed E-state index contributed by atoms with van der Waals surface area (Å²) in [6, 6.07) is 0. The van der Waals surface area contributed by atoms with Crippen molar-refractivity contribution in [2.24, 2.45) is 17.7 Å². The Labute approximate surface area is 77.7 Å². The molecule has 0 spiro atoms. The van der Waals surface area contributed by atoms with Gasteiger partial charge in [-0.1, -0.05) is 0 Å². The molecule has 1 heterocycles. The van der Waals surface area contributed by atoms with Crippen LogP contribution in [0.15, 0.2) is 0 Å². The molecule has 0 amide bonds. The average Bonchev–Trinajstić information content (AvgIpc) is 2.15. The molecule has 1 rings (SSSR count). The van der Waals surface area contributed by atoms with E-state index in [1.165, 1.54) is 0 Å². The van der Waals surface area contributed by atoms with Crippen molar-refractivity contribution in [1.82, 2.24) is 10.7 Å². The smallest absolute Gasteiger partial charge is 0.307 e. The monoisotopic (exact) mass is 187 g/mol. The molecule has 0 saturated carbocycles. The molecule has 13 heavy (non-hydrogen) atoms. The Morgan fingerprint density at radius 3 is 3.00 bits per heavy atom. The van der Waals surface area contributed by atoms with Crippen LogP contribution in [-0.2, 0) is 4.79 Å². The van der Waals surface area contributed by atoms with Crippen LogP contribution in [0.2, 0.25) is 0 Å². The summed E-state index contributed by atoms with van der Waals surface area (Å²) in [4.78, 5) is 10.7. The van der Waals surface area contributed by atoms with Gasteiger partial charge in [-0.05, 0) is 25.3 Å². The van der Waals surface area contributed by atoms with Crippen LogP contribution in [0.5, 0.6) is 0 Å². The molecule has 1 saturated heterocycles. The Bertz CT molecular complexity index is 175. The molecule has 0 aromatic heterocycles. The summed E-state index contributed by atoms with van der Waals surface area (Å²) in [7, 11) is 0. The van der Waals surface area contributed by atoms with Gasteiger partial charge in [-0.2, -0.15) is 0 Å². The number of hydrogen-bond acceptors (Lipinski definition) is 4. The van der Waals surface area contributed by atoms with Gasteiger partial charge in [0.25, 0.3) is 0 Å². The van der Waals surface area contributed by atoms with Crippen LogP contribution in [0.25, 0.3) is 0 Å². The van der Waals surface area contributed by atoms with Gasteiger partial charge in [0.2, 0.25) is 0 Å². The summed E-state index contributed by atoms with van der Waals surface area (Å²) in [6.07, 6.45) is 1.71. The maximum absolute atomic E-state index is 10.7. The van der Waals surface area contributed by atoms with Gasteiger partial charge in [-0.25, -0.2) is 0 Å². The third-order valence-electron chi connectivity index (χ3n) is 2.49. The molecule has 1 fully saturated rings. The zero-order valence-electron chi connectivity index (χ0n) is 7.62. The van der Waals surface area contributed by atoms with Crippen molar-refractivity contribution in [3.8, 4) is 0 Å². The first-order valence-corrected chi connectivity index (χ1v) is 4.61.